The lowest BCUT2D eigenvalue weighted by atomic mass is 10.9. The SMILES string of the molecule is O[Si](O)(C1CC1)C1CC1. The minimum absolute atomic E-state index is 0.352. The fourth-order valence-corrected chi connectivity index (χ4v) is 4.05. The van der Waals surface area contributed by atoms with Crippen LogP contribution in [0.25, 0.3) is 0 Å². The first-order valence-electron chi connectivity index (χ1n) is 3.66. The Hall–Kier alpha value is 0.137. The molecule has 0 unspecified atom stereocenters. The lowest BCUT2D eigenvalue weighted by molar-refractivity contribution is 0.352. The highest BCUT2D eigenvalue weighted by molar-refractivity contribution is 6.69. The molecule has 0 heterocycles. The molecular formula is C6H12O2Si. The van der Waals surface area contributed by atoms with E-state index < -0.39 is 8.56 Å². The molecule has 9 heavy (non-hydrogen) atoms. The highest BCUT2D eigenvalue weighted by atomic mass is 28.4. The lowest BCUT2D eigenvalue weighted by Crippen LogP contribution is -2.35. The summed E-state index contributed by atoms with van der Waals surface area (Å²) in [6, 6.07) is 0. The monoisotopic (exact) mass is 144 g/mol. The van der Waals surface area contributed by atoms with Crippen molar-refractivity contribution in [1.29, 1.82) is 0 Å². The number of hydrogen-bond donors (Lipinski definition) is 2. The highest BCUT2D eigenvalue weighted by Gasteiger charge is 2.56. The Bertz CT molecular complexity index is 113. The summed E-state index contributed by atoms with van der Waals surface area (Å²) in [6.07, 6.45) is 4.32. The molecule has 2 nitrogen and oxygen atoms in total. The van der Waals surface area contributed by atoms with Crippen molar-refractivity contribution in [2.24, 2.45) is 0 Å². The molecular weight excluding hydrogens is 132 g/mol. The normalized spacial score (nSPS) is 28.7. The Kier molecular flexibility index (Phi) is 1.04. The molecule has 2 fully saturated rings. The lowest BCUT2D eigenvalue weighted by Gasteiger charge is -2.14. The molecule has 0 aliphatic heterocycles. The van der Waals surface area contributed by atoms with Crippen LogP contribution in [-0.4, -0.2) is 18.2 Å². The van der Waals surface area contributed by atoms with E-state index in [2.05, 4.69) is 0 Å². The van der Waals surface area contributed by atoms with Gasteiger partial charge in [0, 0.05) is 11.1 Å². The second kappa shape index (κ2) is 1.59. The van der Waals surface area contributed by atoms with Gasteiger partial charge in [-0.2, -0.15) is 0 Å². The van der Waals surface area contributed by atoms with Crippen molar-refractivity contribution >= 4 is 8.56 Å². The first-order chi connectivity index (χ1) is 4.21. The van der Waals surface area contributed by atoms with E-state index in [4.69, 9.17) is 0 Å². The molecule has 0 bridgehead atoms. The van der Waals surface area contributed by atoms with Crippen LogP contribution < -0.4 is 0 Å². The van der Waals surface area contributed by atoms with Crippen LogP contribution in [0.2, 0.25) is 11.1 Å². The quantitative estimate of drug-likeness (QED) is 0.561. The zero-order valence-corrected chi connectivity index (χ0v) is 6.38. The first kappa shape index (κ1) is 5.89. The van der Waals surface area contributed by atoms with Gasteiger partial charge in [-0.15, -0.1) is 0 Å². The van der Waals surface area contributed by atoms with Crippen molar-refractivity contribution in [1.82, 2.24) is 0 Å². The van der Waals surface area contributed by atoms with Gasteiger partial charge in [-0.25, -0.2) is 0 Å². The van der Waals surface area contributed by atoms with Gasteiger partial charge in [-0.05, 0) is 25.7 Å². The van der Waals surface area contributed by atoms with Crippen molar-refractivity contribution in [3.8, 4) is 0 Å². The second-order valence-corrected chi connectivity index (χ2v) is 6.53. The molecule has 0 radical (unpaired) electrons. The maximum absolute atomic E-state index is 9.49. The van der Waals surface area contributed by atoms with Gasteiger partial charge in [0.1, 0.15) is 0 Å². The summed E-state index contributed by atoms with van der Waals surface area (Å²) in [6.45, 7) is 0. The number of rotatable bonds is 2. The first-order valence-corrected chi connectivity index (χ1v) is 5.71. The van der Waals surface area contributed by atoms with Crippen LogP contribution in [0.4, 0.5) is 0 Å². The second-order valence-electron chi connectivity index (χ2n) is 3.33. The molecule has 2 N–H and O–H groups in total. The average Bonchev–Trinajstić information content (AvgIpc) is 2.62. The highest BCUT2D eigenvalue weighted by Crippen LogP contribution is 2.55. The van der Waals surface area contributed by atoms with Crippen molar-refractivity contribution in [2.45, 2.75) is 36.8 Å². The van der Waals surface area contributed by atoms with Crippen LogP contribution in [0, 0.1) is 0 Å². The summed E-state index contributed by atoms with van der Waals surface area (Å²) in [4.78, 5) is 19.0. The molecule has 0 aromatic carbocycles. The molecule has 52 valence electrons. The zero-order valence-electron chi connectivity index (χ0n) is 5.38. The van der Waals surface area contributed by atoms with E-state index in [-0.39, 0.29) is 0 Å². The summed E-state index contributed by atoms with van der Waals surface area (Å²) < 4.78 is 0. The van der Waals surface area contributed by atoms with E-state index in [1.807, 2.05) is 0 Å². The third-order valence-corrected chi connectivity index (χ3v) is 5.91. The Balaban J connectivity index is 2.01. The Morgan fingerprint density at radius 3 is 1.44 bits per heavy atom. The predicted molar refractivity (Wildman–Crippen MR) is 36.2 cm³/mol. The minimum Gasteiger partial charge on any atom is -0.410 e. The molecule has 3 heteroatoms. The molecule has 0 aromatic rings. The number of hydrogen-bond acceptors (Lipinski definition) is 2. The molecule has 2 aliphatic carbocycles. The van der Waals surface area contributed by atoms with Gasteiger partial charge in [0.05, 0.1) is 0 Å². The molecule has 0 saturated heterocycles. The fourth-order valence-electron chi connectivity index (χ4n) is 1.35. The zero-order chi connectivity index (χ0) is 6.48. The van der Waals surface area contributed by atoms with E-state index in [1.54, 1.807) is 0 Å². The Morgan fingerprint density at radius 1 is 0.889 bits per heavy atom. The van der Waals surface area contributed by atoms with Crippen LogP contribution in [-0.2, 0) is 0 Å². The van der Waals surface area contributed by atoms with Crippen LogP contribution in [0.15, 0.2) is 0 Å². The summed E-state index contributed by atoms with van der Waals surface area (Å²) >= 11 is 0. The van der Waals surface area contributed by atoms with Crippen molar-refractivity contribution in [3.63, 3.8) is 0 Å². The summed E-state index contributed by atoms with van der Waals surface area (Å²) in [5.74, 6) is 0. The van der Waals surface area contributed by atoms with Gasteiger partial charge in [-0.3, -0.25) is 0 Å². The van der Waals surface area contributed by atoms with Crippen molar-refractivity contribution in [3.05, 3.63) is 0 Å². The summed E-state index contributed by atoms with van der Waals surface area (Å²) in [5.41, 5.74) is 0.704. The standard InChI is InChI=1S/C6H12O2Si/c7-9(8,5-1-2-5)6-3-4-6/h5-8H,1-4H2. The third kappa shape index (κ3) is 0.932. The maximum atomic E-state index is 9.49. The van der Waals surface area contributed by atoms with Crippen molar-refractivity contribution in [2.75, 3.05) is 0 Å². The predicted octanol–water partition coefficient (Wildman–Crippen LogP) is 0.741. The van der Waals surface area contributed by atoms with Crippen LogP contribution >= 0.6 is 0 Å². The van der Waals surface area contributed by atoms with Gasteiger partial charge in [0.25, 0.3) is 0 Å². The molecule has 0 amide bonds. The summed E-state index contributed by atoms with van der Waals surface area (Å²) in [5, 5.41) is 0. The molecule has 0 atom stereocenters. The van der Waals surface area contributed by atoms with E-state index in [1.165, 1.54) is 0 Å². The van der Waals surface area contributed by atoms with E-state index in [0.717, 1.165) is 25.7 Å². The third-order valence-electron chi connectivity index (χ3n) is 2.36. The van der Waals surface area contributed by atoms with Crippen LogP contribution in [0.5, 0.6) is 0 Å². The average molecular weight is 144 g/mol. The van der Waals surface area contributed by atoms with Gasteiger partial charge >= 0.3 is 8.56 Å². The van der Waals surface area contributed by atoms with E-state index >= 15 is 0 Å². The van der Waals surface area contributed by atoms with Gasteiger partial charge in [0.15, 0.2) is 0 Å². The molecule has 0 aromatic heterocycles. The Morgan fingerprint density at radius 2 is 1.22 bits per heavy atom. The van der Waals surface area contributed by atoms with Crippen molar-refractivity contribution < 1.29 is 9.59 Å². The van der Waals surface area contributed by atoms with Crippen LogP contribution in [0.1, 0.15) is 25.7 Å². The van der Waals surface area contributed by atoms with Crippen LogP contribution in [0.3, 0.4) is 0 Å². The summed E-state index contributed by atoms with van der Waals surface area (Å²) in [7, 11) is -2.64. The van der Waals surface area contributed by atoms with Gasteiger partial charge in [-0.1, -0.05) is 0 Å². The molecule has 2 saturated carbocycles. The van der Waals surface area contributed by atoms with Gasteiger partial charge in [0.2, 0.25) is 0 Å². The smallest absolute Gasteiger partial charge is 0.339 e. The maximum Gasteiger partial charge on any atom is 0.339 e. The fraction of sp³-hybridized carbons (Fsp3) is 1.00. The largest absolute Gasteiger partial charge is 0.410 e. The van der Waals surface area contributed by atoms with Gasteiger partial charge < -0.3 is 9.59 Å². The minimum atomic E-state index is -2.64. The van der Waals surface area contributed by atoms with E-state index in [0.29, 0.717) is 11.1 Å². The Labute approximate surface area is 55.8 Å². The van der Waals surface area contributed by atoms with E-state index in [9.17, 15) is 9.59 Å². The molecule has 2 aliphatic rings. The molecule has 2 rings (SSSR count). The molecule has 0 spiro atoms. The topological polar surface area (TPSA) is 40.5 Å².